The molecule has 2 atom stereocenters. The Balaban J connectivity index is 1.40. The van der Waals surface area contributed by atoms with Crippen LogP contribution in [-0.2, 0) is 14.6 Å². The first-order valence-corrected chi connectivity index (χ1v) is 13.1. The molecular weight excluding hydrogens is 420 g/mol. The van der Waals surface area contributed by atoms with Gasteiger partial charge in [0.2, 0.25) is 5.91 Å². The van der Waals surface area contributed by atoms with Crippen LogP contribution in [0.25, 0.3) is 5.69 Å². The number of amides is 1. The first-order valence-electron chi connectivity index (χ1n) is 10.3. The Kier molecular flexibility index (Phi) is 6.22. The third-order valence-corrected chi connectivity index (χ3v) is 8.39. The number of nitrogens with zero attached hydrogens (tertiary/aromatic N) is 3. The van der Waals surface area contributed by atoms with Crippen molar-refractivity contribution in [2.75, 3.05) is 30.3 Å². The van der Waals surface area contributed by atoms with E-state index in [1.165, 1.54) is 22.9 Å². The average molecular weight is 449 g/mol. The third kappa shape index (κ3) is 4.90. The molecule has 1 aromatic carbocycles. The number of aryl methyl sites for hydroxylation is 2. The lowest BCUT2D eigenvalue weighted by atomic mass is 10.1. The van der Waals surface area contributed by atoms with E-state index in [2.05, 4.69) is 47.2 Å². The van der Waals surface area contributed by atoms with E-state index in [1.54, 1.807) is 6.20 Å². The molecule has 3 heterocycles. The van der Waals surface area contributed by atoms with Gasteiger partial charge in [-0.15, -0.1) is 0 Å². The van der Waals surface area contributed by atoms with Crippen molar-refractivity contribution in [1.29, 1.82) is 0 Å². The number of nitrogens with one attached hydrogen (secondary N) is 1. The summed E-state index contributed by atoms with van der Waals surface area (Å²) in [5.74, 6) is 0.218. The fraction of sp³-hybridized carbons (Fsp3) is 0.524. The molecule has 162 valence electrons. The molecule has 1 aromatic heterocycles. The molecule has 2 aliphatic rings. The Morgan fingerprint density at radius 1 is 1.17 bits per heavy atom. The van der Waals surface area contributed by atoms with Crippen molar-refractivity contribution in [3.8, 4) is 5.69 Å². The monoisotopic (exact) mass is 448 g/mol. The summed E-state index contributed by atoms with van der Waals surface area (Å²) in [6.07, 6.45) is 5.80. The molecule has 2 aliphatic heterocycles. The molecule has 0 radical (unpaired) electrons. The summed E-state index contributed by atoms with van der Waals surface area (Å²) in [5, 5.41) is 3.72. The van der Waals surface area contributed by atoms with Gasteiger partial charge in [0.25, 0.3) is 0 Å². The molecule has 2 unspecified atom stereocenters. The van der Waals surface area contributed by atoms with Crippen LogP contribution in [-0.4, -0.2) is 71.2 Å². The Labute approximate surface area is 182 Å². The number of imidazole rings is 1. The number of benzene rings is 1. The van der Waals surface area contributed by atoms with E-state index < -0.39 is 9.84 Å². The third-order valence-electron chi connectivity index (χ3n) is 5.70. The van der Waals surface area contributed by atoms with Gasteiger partial charge in [-0.1, -0.05) is 17.8 Å². The molecule has 1 amide bonds. The summed E-state index contributed by atoms with van der Waals surface area (Å²) in [4.78, 5) is 19.3. The van der Waals surface area contributed by atoms with Crippen LogP contribution in [0.5, 0.6) is 0 Å². The summed E-state index contributed by atoms with van der Waals surface area (Å²) in [5.41, 5.74) is 3.36. The first-order chi connectivity index (χ1) is 14.3. The van der Waals surface area contributed by atoms with Crippen LogP contribution in [0.1, 0.15) is 24.0 Å². The number of aromatic nitrogens is 2. The van der Waals surface area contributed by atoms with Gasteiger partial charge < -0.3 is 5.32 Å². The van der Waals surface area contributed by atoms with Gasteiger partial charge in [0, 0.05) is 24.1 Å². The Morgan fingerprint density at radius 2 is 1.87 bits per heavy atom. The van der Waals surface area contributed by atoms with E-state index in [-0.39, 0.29) is 35.2 Å². The van der Waals surface area contributed by atoms with E-state index in [0.29, 0.717) is 0 Å². The van der Waals surface area contributed by atoms with Crippen molar-refractivity contribution < 1.29 is 13.2 Å². The summed E-state index contributed by atoms with van der Waals surface area (Å²) >= 11 is 1.36. The molecule has 0 bridgehead atoms. The molecule has 7 nitrogen and oxygen atoms in total. The summed E-state index contributed by atoms with van der Waals surface area (Å²) in [7, 11) is -3.12. The number of hydrogen-bond acceptors (Lipinski definition) is 6. The SMILES string of the molecule is Cc1cc(C)cc(-n2ccnc2SCC(=O)NC2CS(=O)(=O)CC2N2CCCC2)c1. The number of likely N-dealkylation sites (tertiary alicyclic amines) is 1. The molecule has 0 saturated carbocycles. The minimum atomic E-state index is -3.12. The molecule has 2 aromatic rings. The molecule has 4 rings (SSSR count). The van der Waals surface area contributed by atoms with Crippen LogP contribution in [0.15, 0.2) is 35.7 Å². The molecule has 0 spiro atoms. The predicted octanol–water partition coefficient (Wildman–Crippen LogP) is 1.96. The maximum Gasteiger partial charge on any atom is 0.230 e. The average Bonchev–Trinajstić information content (AvgIpc) is 3.38. The van der Waals surface area contributed by atoms with Crippen molar-refractivity contribution in [2.45, 2.75) is 43.9 Å². The zero-order valence-corrected chi connectivity index (χ0v) is 19.0. The highest BCUT2D eigenvalue weighted by Crippen LogP contribution is 2.24. The standard InChI is InChI=1S/C21H28N4O3S2/c1-15-9-16(2)11-17(10-15)25-8-5-22-21(25)29-12-20(26)23-18-13-30(27,28)14-19(18)24-6-3-4-7-24/h5,8-11,18-19H,3-4,6-7,12-14H2,1-2H3,(H,23,26). The van der Waals surface area contributed by atoms with Gasteiger partial charge in [-0.2, -0.15) is 0 Å². The van der Waals surface area contributed by atoms with Crippen LogP contribution in [0.2, 0.25) is 0 Å². The van der Waals surface area contributed by atoms with E-state index in [4.69, 9.17) is 0 Å². The van der Waals surface area contributed by atoms with Gasteiger partial charge >= 0.3 is 0 Å². The largest absolute Gasteiger partial charge is 0.350 e. The van der Waals surface area contributed by atoms with Crippen LogP contribution in [0.4, 0.5) is 0 Å². The van der Waals surface area contributed by atoms with E-state index in [1.807, 2.05) is 10.8 Å². The molecule has 9 heteroatoms. The normalized spacial score (nSPS) is 23.7. The van der Waals surface area contributed by atoms with Gasteiger partial charge in [-0.3, -0.25) is 14.3 Å². The first kappa shape index (κ1) is 21.4. The molecule has 1 N–H and O–H groups in total. The Morgan fingerprint density at radius 3 is 2.57 bits per heavy atom. The lowest BCUT2D eigenvalue weighted by Gasteiger charge is -2.28. The topological polar surface area (TPSA) is 84.3 Å². The summed E-state index contributed by atoms with van der Waals surface area (Å²) in [6, 6.07) is 5.85. The van der Waals surface area contributed by atoms with Crippen LogP contribution in [0.3, 0.4) is 0 Å². The van der Waals surface area contributed by atoms with Crippen molar-refractivity contribution in [1.82, 2.24) is 19.8 Å². The predicted molar refractivity (Wildman–Crippen MR) is 119 cm³/mol. The van der Waals surface area contributed by atoms with Crippen LogP contribution >= 0.6 is 11.8 Å². The summed E-state index contributed by atoms with van der Waals surface area (Å²) in [6.45, 7) is 5.93. The van der Waals surface area contributed by atoms with Crippen molar-refractivity contribution in [3.05, 3.63) is 41.7 Å². The minimum Gasteiger partial charge on any atom is -0.350 e. The number of hydrogen-bond donors (Lipinski definition) is 1. The zero-order chi connectivity index (χ0) is 21.3. The van der Waals surface area contributed by atoms with Crippen molar-refractivity contribution in [3.63, 3.8) is 0 Å². The lowest BCUT2D eigenvalue weighted by molar-refractivity contribution is -0.119. The van der Waals surface area contributed by atoms with Crippen molar-refractivity contribution >= 4 is 27.5 Å². The number of sulfone groups is 1. The van der Waals surface area contributed by atoms with Gasteiger partial charge in [0.15, 0.2) is 15.0 Å². The molecule has 0 aliphatic carbocycles. The molecular formula is C21H28N4O3S2. The molecule has 30 heavy (non-hydrogen) atoms. The Bertz CT molecular complexity index is 1010. The second-order valence-corrected chi connectivity index (χ2v) is 11.4. The van der Waals surface area contributed by atoms with E-state index in [0.717, 1.165) is 36.8 Å². The second-order valence-electron chi connectivity index (χ2n) is 8.28. The van der Waals surface area contributed by atoms with Gasteiger partial charge in [0.1, 0.15) is 0 Å². The number of carbonyl (C=O) groups excluding carboxylic acids is 1. The molecule has 2 saturated heterocycles. The number of thioether (sulfide) groups is 1. The smallest absolute Gasteiger partial charge is 0.230 e. The van der Waals surface area contributed by atoms with E-state index in [9.17, 15) is 13.2 Å². The van der Waals surface area contributed by atoms with Crippen LogP contribution < -0.4 is 5.32 Å². The quantitative estimate of drug-likeness (QED) is 0.680. The van der Waals surface area contributed by atoms with Gasteiger partial charge in [-0.25, -0.2) is 13.4 Å². The fourth-order valence-electron chi connectivity index (χ4n) is 4.46. The van der Waals surface area contributed by atoms with Gasteiger partial charge in [0.05, 0.1) is 23.3 Å². The fourth-order valence-corrected chi connectivity index (χ4v) is 7.20. The summed E-state index contributed by atoms with van der Waals surface area (Å²) < 4.78 is 26.4. The highest BCUT2D eigenvalue weighted by atomic mass is 32.2. The number of carbonyl (C=O) groups is 1. The maximum absolute atomic E-state index is 12.6. The minimum absolute atomic E-state index is 0.0295. The highest BCUT2D eigenvalue weighted by molar-refractivity contribution is 7.99. The lowest BCUT2D eigenvalue weighted by Crippen LogP contribution is -2.50. The van der Waals surface area contributed by atoms with E-state index >= 15 is 0 Å². The highest BCUT2D eigenvalue weighted by Gasteiger charge is 2.42. The Hall–Kier alpha value is -1.84. The maximum atomic E-state index is 12.6. The second kappa shape index (κ2) is 8.72. The van der Waals surface area contributed by atoms with Crippen LogP contribution in [0, 0.1) is 13.8 Å². The van der Waals surface area contributed by atoms with Gasteiger partial charge in [-0.05, 0) is 63.0 Å². The molecule has 2 fully saturated rings. The van der Waals surface area contributed by atoms with Crippen molar-refractivity contribution in [2.24, 2.45) is 0 Å². The zero-order valence-electron chi connectivity index (χ0n) is 17.4. The number of rotatable bonds is 6.